The first-order valence-corrected chi connectivity index (χ1v) is 12.3. The Morgan fingerprint density at radius 2 is 2.00 bits per heavy atom. The molecule has 1 aliphatic heterocycles. The topological polar surface area (TPSA) is 103 Å². The quantitative estimate of drug-likeness (QED) is 0.660. The van der Waals surface area contributed by atoms with Crippen LogP contribution >= 0.6 is 0 Å². The van der Waals surface area contributed by atoms with Gasteiger partial charge in [0.15, 0.2) is 27.1 Å². The number of hydrogen-bond donors (Lipinski definition) is 1. The Morgan fingerprint density at radius 1 is 1.26 bits per heavy atom. The summed E-state index contributed by atoms with van der Waals surface area (Å²) in [7, 11) is -1.57. The minimum absolute atomic E-state index is 0.117. The van der Waals surface area contributed by atoms with Crippen molar-refractivity contribution in [1.82, 2.24) is 9.55 Å². The number of aryl methyl sites for hydroxylation is 1. The molecule has 1 N–H and O–H groups in total. The van der Waals surface area contributed by atoms with Gasteiger partial charge in [-0.1, -0.05) is 0 Å². The lowest BCUT2D eigenvalue weighted by Crippen LogP contribution is -2.42. The van der Waals surface area contributed by atoms with Crippen molar-refractivity contribution in [3.05, 3.63) is 40.1 Å². The van der Waals surface area contributed by atoms with Gasteiger partial charge in [0, 0.05) is 36.5 Å². The summed E-state index contributed by atoms with van der Waals surface area (Å²) >= 11 is 0. The lowest BCUT2D eigenvalue weighted by Gasteiger charge is -2.34. The SMILES string of the molecule is Cn1cc(-c2cc(CS(C)(=O)=O)cc3oc(C4CC4)nc23)c2c(c1=O)NCC(C)(C)O2. The zero-order valence-corrected chi connectivity index (χ0v) is 18.8. The van der Waals surface area contributed by atoms with Crippen LogP contribution < -0.4 is 15.6 Å². The molecule has 0 unspecified atom stereocenters. The highest BCUT2D eigenvalue weighted by molar-refractivity contribution is 7.89. The first-order valence-electron chi connectivity index (χ1n) is 10.3. The highest BCUT2D eigenvalue weighted by Crippen LogP contribution is 2.45. The molecule has 5 rings (SSSR count). The monoisotopic (exact) mass is 443 g/mol. The van der Waals surface area contributed by atoms with Crippen LogP contribution in [0.3, 0.4) is 0 Å². The van der Waals surface area contributed by atoms with Crippen LogP contribution in [0.4, 0.5) is 5.69 Å². The molecule has 8 nitrogen and oxygen atoms in total. The van der Waals surface area contributed by atoms with E-state index in [0.29, 0.717) is 57.6 Å². The van der Waals surface area contributed by atoms with E-state index in [0.717, 1.165) is 12.8 Å². The van der Waals surface area contributed by atoms with Crippen molar-refractivity contribution in [3.63, 3.8) is 0 Å². The summed E-state index contributed by atoms with van der Waals surface area (Å²) < 4.78 is 37.8. The maximum Gasteiger partial charge on any atom is 0.277 e. The van der Waals surface area contributed by atoms with Crippen molar-refractivity contribution < 1.29 is 17.6 Å². The zero-order valence-electron chi connectivity index (χ0n) is 18.0. The predicted octanol–water partition coefficient (Wildman–Crippen LogP) is 3.20. The van der Waals surface area contributed by atoms with Crippen LogP contribution in [-0.4, -0.2) is 36.4 Å². The van der Waals surface area contributed by atoms with Gasteiger partial charge >= 0.3 is 0 Å². The number of hydrogen-bond acceptors (Lipinski definition) is 7. The van der Waals surface area contributed by atoms with Gasteiger partial charge < -0.3 is 19.0 Å². The van der Waals surface area contributed by atoms with Gasteiger partial charge in [-0.2, -0.15) is 0 Å². The van der Waals surface area contributed by atoms with Crippen LogP contribution in [-0.2, 0) is 22.6 Å². The molecule has 0 amide bonds. The molecule has 0 atom stereocenters. The van der Waals surface area contributed by atoms with E-state index in [4.69, 9.17) is 14.1 Å². The number of aromatic nitrogens is 2. The summed E-state index contributed by atoms with van der Waals surface area (Å²) in [4.78, 5) is 17.5. The predicted molar refractivity (Wildman–Crippen MR) is 118 cm³/mol. The summed E-state index contributed by atoms with van der Waals surface area (Å²) in [5.41, 5.74) is 2.86. The molecule has 0 spiro atoms. The molecule has 1 saturated carbocycles. The number of nitrogens with zero attached hydrogens (tertiary/aromatic N) is 2. The summed E-state index contributed by atoms with van der Waals surface area (Å²) in [5, 5.41) is 3.21. The third kappa shape index (κ3) is 3.71. The normalized spacial score (nSPS) is 17.8. The number of sulfone groups is 1. The van der Waals surface area contributed by atoms with Crippen LogP contribution in [0, 0.1) is 0 Å². The molecule has 3 heterocycles. The van der Waals surface area contributed by atoms with E-state index >= 15 is 0 Å². The summed E-state index contributed by atoms with van der Waals surface area (Å²) in [6, 6.07) is 3.56. The lowest BCUT2D eigenvalue weighted by molar-refractivity contribution is 0.116. The maximum absolute atomic E-state index is 12.7. The van der Waals surface area contributed by atoms with Crippen LogP contribution in [0.1, 0.15) is 44.1 Å². The molecule has 1 aromatic carbocycles. The zero-order chi connectivity index (χ0) is 22.1. The molecule has 31 heavy (non-hydrogen) atoms. The van der Waals surface area contributed by atoms with Crippen molar-refractivity contribution >= 4 is 26.6 Å². The van der Waals surface area contributed by atoms with Gasteiger partial charge in [-0.25, -0.2) is 13.4 Å². The van der Waals surface area contributed by atoms with Gasteiger partial charge in [-0.05, 0) is 44.4 Å². The van der Waals surface area contributed by atoms with Gasteiger partial charge in [0.25, 0.3) is 5.56 Å². The Bertz CT molecular complexity index is 1380. The second-order valence-corrected chi connectivity index (χ2v) is 11.4. The Morgan fingerprint density at radius 3 is 2.68 bits per heavy atom. The standard InChI is InChI=1S/C22H25N3O5S/c1-22(2)11-23-18-19(30-22)15(9-25(3)21(18)26)14-7-12(10-31(4,27)28)8-16-17(14)24-20(29-16)13-5-6-13/h7-9,13,23H,5-6,10-11H2,1-4H3. The molecular formula is C22H25N3O5S. The number of fused-ring (bicyclic) bond motifs is 2. The van der Waals surface area contributed by atoms with Crippen LogP contribution in [0.25, 0.3) is 22.2 Å². The second-order valence-electron chi connectivity index (χ2n) is 9.26. The number of rotatable bonds is 4. The van der Waals surface area contributed by atoms with Gasteiger partial charge in [0.1, 0.15) is 16.8 Å². The minimum atomic E-state index is -3.25. The molecule has 1 fully saturated rings. The second kappa shape index (κ2) is 6.59. The van der Waals surface area contributed by atoms with E-state index in [9.17, 15) is 13.2 Å². The Hall–Kier alpha value is -2.81. The number of anilines is 1. The fourth-order valence-electron chi connectivity index (χ4n) is 3.99. The highest BCUT2D eigenvalue weighted by Gasteiger charge is 2.33. The summed E-state index contributed by atoms with van der Waals surface area (Å²) in [6.07, 6.45) is 4.99. The number of benzene rings is 1. The van der Waals surface area contributed by atoms with Crippen molar-refractivity contribution in [2.45, 2.75) is 44.0 Å². The Balaban J connectivity index is 1.80. The third-order valence-corrected chi connectivity index (χ3v) is 6.47. The molecule has 164 valence electrons. The van der Waals surface area contributed by atoms with Gasteiger partial charge in [0.2, 0.25) is 0 Å². The first-order chi connectivity index (χ1) is 14.5. The smallest absolute Gasteiger partial charge is 0.277 e. The van der Waals surface area contributed by atoms with Crippen molar-refractivity contribution in [3.8, 4) is 16.9 Å². The molecule has 0 saturated heterocycles. The minimum Gasteiger partial charge on any atom is -0.483 e. The number of nitrogens with one attached hydrogen (secondary N) is 1. The van der Waals surface area contributed by atoms with Crippen LogP contribution in [0.2, 0.25) is 0 Å². The highest BCUT2D eigenvalue weighted by atomic mass is 32.2. The number of ether oxygens (including phenoxy) is 1. The Kier molecular flexibility index (Phi) is 4.28. The van der Waals surface area contributed by atoms with Gasteiger partial charge in [0.05, 0.1) is 12.3 Å². The Labute approximate surface area is 180 Å². The van der Waals surface area contributed by atoms with E-state index < -0.39 is 15.4 Å². The molecule has 0 bridgehead atoms. The molecule has 2 aromatic heterocycles. The van der Waals surface area contributed by atoms with E-state index in [1.165, 1.54) is 10.8 Å². The molecule has 3 aromatic rings. The van der Waals surface area contributed by atoms with Crippen molar-refractivity contribution in [2.24, 2.45) is 7.05 Å². The fraction of sp³-hybridized carbons (Fsp3) is 0.455. The van der Waals surface area contributed by atoms with E-state index in [2.05, 4.69) is 5.32 Å². The van der Waals surface area contributed by atoms with Gasteiger partial charge in [-0.15, -0.1) is 0 Å². The largest absolute Gasteiger partial charge is 0.483 e. The first kappa shape index (κ1) is 20.1. The van der Waals surface area contributed by atoms with Crippen molar-refractivity contribution in [2.75, 3.05) is 18.1 Å². The molecular weight excluding hydrogens is 418 g/mol. The fourth-order valence-corrected chi connectivity index (χ4v) is 4.76. The number of pyridine rings is 1. The molecule has 0 radical (unpaired) electrons. The lowest BCUT2D eigenvalue weighted by atomic mass is 9.99. The average Bonchev–Trinajstić information content (AvgIpc) is 3.41. The average molecular weight is 444 g/mol. The van der Waals surface area contributed by atoms with Crippen molar-refractivity contribution in [1.29, 1.82) is 0 Å². The molecule has 2 aliphatic rings. The maximum atomic E-state index is 12.7. The summed E-state index contributed by atoms with van der Waals surface area (Å²) in [5.74, 6) is 1.32. The number of oxazole rings is 1. The third-order valence-electron chi connectivity index (χ3n) is 5.61. The van der Waals surface area contributed by atoms with Crippen LogP contribution in [0.15, 0.2) is 27.5 Å². The van der Waals surface area contributed by atoms with E-state index in [1.807, 2.05) is 19.9 Å². The van der Waals surface area contributed by atoms with Crippen LogP contribution in [0.5, 0.6) is 5.75 Å². The van der Waals surface area contributed by atoms with Gasteiger partial charge in [-0.3, -0.25) is 4.79 Å². The van der Waals surface area contributed by atoms with E-state index in [-0.39, 0.29) is 11.3 Å². The molecule has 1 aliphatic carbocycles. The van der Waals surface area contributed by atoms with E-state index in [1.54, 1.807) is 19.3 Å². The molecule has 9 heteroatoms. The summed E-state index contributed by atoms with van der Waals surface area (Å²) in [6.45, 7) is 4.39.